The van der Waals surface area contributed by atoms with Crippen molar-refractivity contribution in [2.45, 2.75) is 39.5 Å². The predicted octanol–water partition coefficient (Wildman–Crippen LogP) is 4.29. The lowest BCUT2D eigenvalue weighted by atomic mass is 10.00. The number of fused-ring (bicyclic) bond motifs is 1. The highest BCUT2D eigenvalue weighted by Crippen LogP contribution is 2.40. The molecule has 5 heteroatoms. The van der Waals surface area contributed by atoms with Crippen LogP contribution in [0.3, 0.4) is 0 Å². The topological polar surface area (TPSA) is 67.6 Å². The number of imidazole rings is 1. The minimum atomic E-state index is 0.560. The number of benzene rings is 1. The van der Waals surface area contributed by atoms with Crippen molar-refractivity contribution in [3.8, 4) is 11.1 Å². The van der Waals surface area contributed by atoms with Gasteiger partial charge in [0.15, 0.2) is 0 Å². The number of H-pyrrole nitrogens is 1. The lowest BCUT2D eigenvalue weighted by Gasteiger charge is -2.04. The van der Waals surface area contributed by atoms with Crippen LogP contribution in [0, 0.1) is 13.8 Å². The Bertz CT molecular complexity index is 1370. The van der Waals surface area contributed by atoms with E-state index in [2.05, 4.69) is 39.4 Å². The molecule has 0 radical (unpaired) electrons. The third kappa shape index (κ3) is 3.36. The Morgan fingerprint density at radius 2 is 2.07 bits per heavy atom. The molecule has 0 spiro atoms. The summed E-state index contributed by atoms with van der Waals surface area (Å²) in [5.74, 6) is 2.47. The quantitative estimate of drug-likeness (QED) is 0.559. The van der Waals surface area contributed by atoms with E-state index in [1.54, 1.807) is 0 Å². The maximum atomic E-state index is 5.43. The number of hydrogen-bond acceptors (Lipinski definition) is 4. The van der Waals surface area contributed by atoms with Gasteiger partial charge in [0.2, 0.25) is 0 Å². The number of aryl methyl sites for hydroxylation is 2. The van der Waals surface area contributed by atoms with Crippen molar-refractivity contribution in [1.82, 2.24) is 20.1 Å². The van der Waals surface area contributed by atoms with Gasteiger partial charge in [0.05, 0.1) is 22.1 Å². The van der Waals surface area contributed by atoms with Crippen LogP contribution in [0.25, 0.3) is 34.3 Å². The van der Waals surface area contributed by atoms with Gasteiger partial charge in [-0.25, -0.2) is 4.98 Å². The third-order valence-electron chi connectivity index (χ3n) is 5.55. The van der Waals surface area contributed by atoms with Gasteiger partial charge in [0, 0.05) is 28.5 Å². The maximum Gasteiger partial charge on any atom is 0.141 e. The van der Waals surface area contributed by atoms with Crippen LogP contribution in [0.15, 0.2) is 47.1 Å². The molecule has 1 aromatic carbocycles. The molecule has 3 aromatic heterocycles. The Morgan fingerprint density at radius 3 is 2.80 bits per heavy atom. The zero-order chi connectivity index (χ0) is 20.7. The predicted molar refractivity (Wildman–Crippen MR) is 119 cm³/mol. The first-order valence-corrected chi connectivity index (χ1v) is 10.4. The molecule has 1 aliphatic rings. The molecule has 5 nitrogen and oxygen atoms in total. The molecular formula is C25H24N4O. The first-order chi connectivity index (χ1) is 14.6. The molecule has 3 heterocycles. The summed E-state index contributed by atoms with van der Waals surface area (Å²) in [6.45, 7) is 5.94. The Hall–Kier alpha value is -3.47. The average Bonchev–Trinajstić information content (AvgIpc) is 3.42. The summed E-state index contributed by atoms with van der Waals surface area (Å²) < 4.78 is 5.43. The second-order valence-corrected chi connectivity index (χ2v) is 7.87. The first-order valence-electron chi connectivity index (χ1n) is 10.4. The largest absolute Gasteiger partial charge is 0.361 e. The van der Waals surface area contributed by atoms with Crippen LogP contribution in [0.2, 0.25) is 0 Å². The Morgan fingerprint density at radius 1 is 1.20 bits per heavy atom. The summed E-state index contributed by atoms with van der Waals surface area (Å²) in [5, 5.41) is 6.14. The summed E-state index contributed by atoms with van der Waals surface area (Å²) in [7, 11) is 0. The fourth-order valence-corrected chi connectivity index (χ4v) is 3.91. The van der Waals surface area contributed by atoms with E-state index in [1.165, 1.54) is 12.8 Å². The number of aromatic amines is 1. The molecule has 1 saturated carbocycles. The van der Waals surface area contributed by atoms with Gasteiger partial charge in [0.25, 0.3) is 0 Å². The van der Waals surface area contributed by atoms with Crippen molar-refractivity contribution in [2.75, 3.05) is 0 Å². The number of rotatable bonds is 4. The maximum absolute atomic E-state index is 5.43. The third-order valence-corrected chi connectivity index (χ3v) is 5.55. The van der Waals surface area contributed by atoms with Crippen molar-refractivity contribution in [1.29, 1.82) is 0 Å². The fraction of sp³-hybridized carbons (Fsp3) is 0.240. The van der Waals surface area contributed by atoms with Crippen LogP contribution >= 0.6 is 0 Å². The summed E-state index contributed by atoms with van der Waals surface area (Å²) in [6, 6.07) is 8.40. The molecule has 4 aromatic rings. The standard InChI is InChI=1S/C25H24N4O/c1-4-5-8-21-18(7-6-11-26-21)12-20-13-19(23-15(2)29-30-16(23)3)14-22-24(20)28-25(27-22)17-9-10-17/h4-8,11-14,17H,9-10H2,1-3H3,(H,27,28)/b5-4+,18-12+,21-8+. The molecule has 0 saturated heterocycles. The van der Waals surface area contributed by atoms with Crippen molar-refractivity contribution in [2.24, 2.45) is 0 Å². The van der Waals surface area contributed by atoms with Crippen LogP contribution in [0.4, 0.5) is 0 Å². The Balaban J connectivity index is 1.79. The van der Waals surface area contributed by atoms with E-state index in [4.69, 9.17) is 9.51 Å². The lowest BCUT2D eigenvalue weighted by molar-refractivity contribution is 0.393. The van der Waals surface area contributed by atoms with Crippen LogP contribution in [-0.2, 0) is 0 Å². The van der Waals surface area contributed by atoms with Gasteiger partial charge in [0.1, 0.15) is 11.6 Å². The SMILES string of the molecule is C/C=C/C=c1/nccc/c1=C\c1cc(-c2c(C)noc2C)cc2[nH]c(C3CC3)nc12. The van der Waals surface area contributed by atoms with Gasteiger partial charge in [-0.3, -0.25) is 4.98 Å². The van der Waals surface area contributed by atoms with E-state index < -0.39 is 0 Å². The number of aromatic nitrogens is 4. The number of nitrogens with one attached hydrogen (secondary N) is 1. The highest BCUT2D eigenvalue weighted by atomic mass is 16.5. The first kappa shape index (κ1) is 18.6. The van der Waals surface area contributed by atoms with Crippen LogP contribution in [0.1, 0.15) is 48.5 Å². The van der Waals surface area contributed by atoms with Gasteiger partial charge in [-0.2, -0.15) is 0 Å². The molecule has 1 N–H and O–H groups in total. The monoisotopic (exact) mass is 396 g/mol. The minimum Gasteiger partial charge on any atom is -0.361 e. The summed E-state index contributed by atoms with van der Waals surface area (Å²) in [6.07, 6.45) is 12.5. The highest BCUT2D eigenvalue weighted by Gasteiger charge is 2.27. The zero-order valence-electron chi connectivity index (χ0n) is 17.4. The number of nitrogens with zero attached hydrogens (tertiary/aromatic N) is 3. The molecule has 150 valence electrons. The van der Waals surface area contributed by atoms with Crippen molar-refractivity contribution >= 4 is 23.2 Å². The van der Waals surface area contributed by atoms with E-state index in [0.29, 0.717) is 5.92 Å². The van der Waals surface area contributed by atoms with E-state index in [-0.39, 0.29) is 0 Å². The van der Waals surface area contributed by atoms with Crippen molar-refractivity contribution in [3.63, 3.8) is 0 Å². The molecule has 0 bridgehead atoms. The van der Waals surface area contributed by atoms with Gasteiger partial charge >= 0.3 is 0 Å². The fourth-order valence-electron chi connectivity index (χ4n) is 3.91. The van der Waals surface area contributed by atoms with E-state index in [0.717, 1.165) is 55.6 Å². The van der Waals surface area contributed by atoms with E-state index >= 15 is 0 Å². The van der Waals surface area contributed by atoms with Crippen LogP contribution < -0.4 is 10.6 Å². The summed E-state index contributed by atoms with van der Waals surface area (Å²) in [4.78, 5) is 13.1. The summed E-state index contributed by atoms with van der Waals surface area (Å²) >= 11 is 0. The van der Waals surface area contributed by atoms with Gasteiger partial charge in [-0.15, -0.1) is 0 Å². The number of hydrogen-bond donors (Lipinski definition) is 1. The number of pyridine rings is 1. The lowest BCUT2D eigenvalue weighted by Crippen LogP contribution is -2.27. The molecule has 1 aliphatic carbocycles. The molecular weight excluding hydrogens is 372 g/mol. The van der Waals surface area contributed by atoms with Gasteiger partial charge in [-0.05, 0) is 69.5 Å². The van der Waals surface area contributed by atoms with Crippen LogP contribution in [0.5, 0.6) is 0 Å². The van der Waals surface area contributed by atoms with Gasteiger partial charge < -0.3 is 9.51 Å². The molecule has 0 atom stereocenters. The Labute approximate surface area is 174 Å². The number of allylic oxidation sites excluding steroid dienone is 2. The summed E-state index contributed by atoms with van der Waals surface area (Å²) in [5.41, 5.74) is 6.12. The normalized spacial score (nSPS) is 15.7. The molecule has 0 amide bonds. The molecule has 0 aliphatic heterocycles. The van der Waals surface area contributed by atoms with Gasteiger partial charge in [-0.1, -0.05) is 23.4 Å². The highest BCUT2D eigenvalue weighted by molar-refractivity contribution is 5.90. The second kappa shape index (κ2) is 7.41. The van der Waals surface area contributed by atoms with E-state index in [9.17, 15) is 0 Å². The Kier molecular flexibility index (Phi) is 4.58. The smallest absolute Gasteiger partial charge is 0.141 e. The van der Waals surface area contributed by atoms with Crippen molar-refractivity contribution in [3.05, 3.63) is 76.0 Å². The minimum absolute atomic E-state index is 0.560. The molecule has 0 unspecified atom stereocenters. The van der Waals surface area contributed by atoms with Crippen LogP contribution in [-0.4, -0.2) is 20.1 Å². The van der Waals surface area contributed by atoms with Crippen molar-refractivity contribution < 1.29 is 4.52 Å². The average molecular weight is 396 g/mol. The molecule has 5 rings (SSSR count). The molecule has 30 heavy (non-hydrogen) atoms. The van der Waals surface area contributed by atoms with E-state index in [1.807, 2.05) is 51.3 Å². The zero-order valence-corrected chi connectivity index (χ0v) is 17.4. The molecule has 1 fully saturated rings. The second-order valence-electron chi connectivity index (χ2n) is 7.87.